The van der Waals surface area contributed by atoms with Gasteiger partial charge >= 0.3 is 0 Å². The molecular formula is C24H27FN4O2S. The summed E-state index contributed by atoms with van der Waals surface area (Å²) in [6, 6.07) is 6.45. The van der Waals surface area contributed by atoms with E-state index < -0.39 is 0 Å². The molecule has 8 heteroatoms. The van der Waals surface area contributed by atoms with Crippen LogP contribution in [0.3, 0.4) is 0 Å². The maximum absolute atomic E-state index is 13.5. The Bertz CT molecular complexity index is 1140. The van der Waals surface area contributed by atoms with E-state index in [-0.39, 0.29) is 22.7 Å². The molecule has 0 aliphatic carbocycles. The molecule has 0 N–H and O–H groups in total. The molecule has 1 aromatic carbocycles. The molecule has 2 aromatic heterocycles. The summed E-state index contributed by atoms with van der Waals surface area (Å²) in [6.07, 6.45) is 3.13. The average molecular weight is 455 g/mol. The molecule has 2 aliphatic heterocycles. The van der Waals surface area contributed by atoms with Gasteiger partial charge < -0.3 is 9.64 Å². The Morgan fingerprint density at radius 3 is 2.62 bits per heavy atom. The largest absolute Gasteiger partial charge is 0.380 e. The number of amides is 1. The van der Waals surface area contributed by atoms with Gasteiger partial charge in [0.25, 0.3) is 0 Å². The summed E-state index contributed by atoms with van der Waals surface area (Å²) in [4.78, 5) is 19.6. The number of aromatic nitrogens is 3. The lowest BCUT2D eigenvalue weighted by atomic mass is 9.85. The van der Waals surface area contributed by atoms with Gasteiger partial charge in [0.2, 0.25) is 5.91 Å². The first-order valence-corrected chi connectivity index (χ1v) is 11.8. The molecule has 1 amide bonds. The summed E-state index contributed by atoms with van der Waals surface area (Å²) in [6.45, 7) is 9.36. The minimum atomic E-state index is -0.274. The summed E-state index contributed by atoms with van der Waals surface area (Å²) in [7, 11) is 0. The molecule has 0 radical (unpaired) electrons. The number of carbonyl (C=O) groups excluding carboxylic acids is 1. The van der Waals surface area contributed by atoms with Crippen LogP contribution in [0.1, 0.15) is 32.9 Å². The van der Waals surface area contributed by atoms with Gasteiger partial charge in [-0.2, -0.15) is 5.10 Å². The molecule has 0 saturated carbocycles. The zero-order valence-corrected chi connectivity index (χ0v) is 19.4. The van der Waals surface area contributed by atoms with Crippen molar-refractivity contribution in [2.45, 2.75) is 39.2 Å². The predicted molar refractivity (Wildman–Crippen MR) is 122 cm³/mol. The number of thiazole rings is 1. The molecule has 1 spiro atoms. The van der Waals surface area contributed by atoms with Crippen molar-refractivity contribution in [1.29, 1.82) is 0 Å². The van der Waals surface area contributed by atoms with E-state index in [1.807, 2.05) is 21.2 Å². The Morgan fingerprint density at radius 1 is 1.25 bits per heavy atom. The van der Waals surface area contributed by atoms with Crippen molar-refractivity contribution in [2.75, 3.05) is 26.3 Å². The van der Waals surface area contributed by atoms with Crippen molar-refractivity contribution in [3.63, 3.8) is 0 Å². The Labute approximate surface area is 191 Å². The molecule has 32 heavy (non-hydrogen) atoms. The number of rotatable bonds is 4. The number of hydrogen-bond acceptors (Lipinski definition) is 5. The third-order valence-corrected chi connectivity index (χ3v) is 7.17. The Morgan fingerprint density at radius 2 is 2.00 bits per heavy atom. The molecule has 2 fully saturated rings. The first kappa shape index (κ1) is 21.3. The molecular weight excluding hydrogens is 427 g/mol. The first-order chi connectivity index (χ1) is 15.2. The second kappa shape index (κ2) is 7.78. The highest BCUT2D eigenvalue weighted by atomic mass is 32.1. The van der Waals surface area contributed by atoms with E-state index in [0.717, 1.165) is 60.2 Å². The van der Waals surface area contributed by atoms with E-state index in [9.17, 15) is 9.18 Å². The number of ether oxygens (including phenoxy) is 1. The summed E-state index contributed by atoms with van der Waals surface area (Å²) in [5.41, 5.74) is 3.38. The van der Waals surface area contributed by atoms with Crippen LogP contribution in [0.5, 0.6) is 0 Å². The van der Waals surface area contributed by atoms with Gasteiger partial charge in [-0.3, -0.25) is 9.48 Å². The molecule has 6 nitrogen and oxygen atoms in total. The van der Waals surface area contributed by atoms with Gasteiger partial charge in [0.15, 0.2) is 0 Å². The normalized spacial score (nSPS) is 17.7. The minimum Gasteiger partial charge on any atom is -0.380 e. The fourth-order valence-corrected chi connectivity index (χ4v) is 5.28. The zero-order chi connectivity index (χ0) is 22.5. The number of likely N-dealkylation sites (tertiary alicyclic amines) is 1. The van der Waals surface area contributed by atoms with Crippen LogP contribution in [-0.4, -0.2) is 51.9 Å². The van der Waals surface area contributed by atoms with E-state index in [2.05, 4.69) is 25.9 Å². The van der Waals surface area contributed by atoms with Crippen LogP contribution in [-0.2, 0) is 21.5 Å². The quantitative estimate of drug-likeness (QED) is 0.588. The van der Waals surface area contributed by atoms with Crippen LogP contribution in [0, 0.1) is 11.2 Å². The van der Waals surface area contributed by atoms with Crippen molar-refractivity contribution < 1.29 is 13.9 Å². The van der Waals surface area contributed by atoms with Crippen LogP contribution in [0.15, 0.2) is 35.8 Å². The van der Waals surface area contributed by atoms with Crippen molar-refractivity contribution in [3.05, 3.63) is 47.4 Å². The van der Waals surface area contributed by atoms with Gasteiger partial charge in [-0.1, -0.05) is 0 Å². The van der Waals surface area contributed by atoms with Gasteiger partial charge in [0.1, 0.15) is 10.8 Å². The molecule has 2 saturated heterocycles. The number of hydrogen-bond donors (Lipinski definition) is 0. The highest BCUT2D eigenvalue weighted by Crippen LogP contribution is 2.39. The van der Waals surface area contributed by atoms with Crippen molar-refractivity contribution in [1.82, 2.24) is 19.7 Å². The lowest BCUT2D eigenvalue weighted by Crippen LogP contribution is -2.45. The van der Waals surface area contributed by atoms with Crippen molar-refractivity contribution in [2.24, 2.45) is 5.41 Å². The molecule has 5 rings (SSSR count). The van der Waals surface area contributed by atoms with Crippen molar-refractivity contribution >= 4 is 17.2 Å². The van der Waals surface area contributed by atoms with Gasteiger partial charge in [-0.05, 0) is 51.5 Å². The summed E-state index contributed by atoms with van der Waals surface area (Å²) < 4.78 is 20.8. The monoisotopic (exact) mass is 454 g/mol. The SMILES string of the molecule is CC(C)(C)n1ncc(-c2nc(CC(=O)N3CCC4(COC4)C3)cs2)c1-c1ccc(F)cc1. The summed E-state index contributed by atoms with van der Waals surface area (Å²) >= 11 is 1.51. The molecule has 3 aromatic rings. The number of benzene rings is 1. The minimum absolute atomic E-state index is 0.120. The van der Waals surface area contributed by atoms with Crippen LogP contribution in [0.4, 0.5) is 4.39 Å². The smallest absolute Gasteiger partial charge is 0.228 e. The van der Waals surface area contributed by atoms with Gasteiger partial charge in [0.05, 0.1) is 48.3 Å². The predicted octanol–water partition coefficient (Wildman–Crippen LogP) is 4.36. The van der Waals surface area contributed by atoms with Crippen molar-refractivity contribution in [3.8, 4) is 21.8 Å². The standard InChI is InChI=1S/C24H27FN4O2S/c1-23(2,3)29-21(16-4-6-17(25)7-5-16)19(11-26-29)22-27-18(12-32-22)10-20(30)28-9-8-24(13-28)14-31-15-24/h4-7,11-12H,8-10,13-15H2,1-3H3. The van der Waals surface area contributed by atoms with E-state index in [1.165, 1.54) is 23.5 Å². The lowest BCUT2D eigenvalue weighted by Gasteiger charge is -2.37. The van der Waals surface area contributed by atoms with Crippen LogP contribution in [0.25, 0.3) is 21.8 Å². The summed E-state index contributed by atoms with van der Waals surface area (Å²) in [5, 5.41) is 7.40. The van der Waals surface area contributed by atoms with Crippen LogP contribution < -0.4 is 0 Å². The fraction of sp³-hybridized carbons (Fsp3) is 0.458. The van der Waals surface area contributed by atoms with E-state index in [0.29, 0.717) is 6.42 Å². The zero-order valence-electron chi connectivity index (χ0n) is 18.6. The maximum Gasteiger partial charge on any atom is 0.228 e. The molecule has 168 valence electrons. The number of carbonyl (C=O) groups is 1. The van der Waals surface area contributed by atoms with E-state index in [1.54, 1.807) is 12.1 Å². The second-order valence-corrected chi connectivity index (χ2v) is 10.7. The van der Waals surface area contributed by atoms with Gasteiger partial charge in [-0.15, -0.1) is 11.3 Å². The Balaban J connectivity index is 1.41. The molecule has 0 atom stereocenters. The molecule has 0 unspecified atom stereocenters. The second-order valence-electron chi connectivity index (χ2n) is 9.88. The topological polar surface area (TPSA) is 60.2 Å². The van der Waals surface area contributed by atoms with Crippen LogP contribution >= 0.6 is 11.3 Å². The fourth-order valence-electron chi connectivity index (χ4n) is 4.45. The Hall–Kier alpha value is -2.58. The average Bonchev–Trinajstić information content (AvgIpc) is 3.45. The van der Waals surface area contributed by atoms with E-state index in [4.69, 9.17) is 9.72 Å². The highest BCUT2D eigenvalue weighted by molar-refractivity contribution is 7.13. The third-order valence-electron chi connectivity index (χ3n) is 6.24. The first-order valence-electron chi connectivity index (χ1n) is 10.9. The highest BCUT2D eigenvalue weighted by Gasteiger charge is 2.45. The van der Waals surface area contributed by atoms with Crippen LogP contribution in [0.2, 0.25) is 0 Å². The molecule has 0 bridgehead atoms. The van der Waals surface area contributed by atoms with E-state index >= 15 is 0 Å². The maximum atomic E-state index is 13.5. The molecule has 4 heterocycles. The van der Waals surface area contributed by atoms with Gasteiger partial charge in [-0.25, -0.2) is 9.37 Å². The third kappa shape index (κ3) is 3.86. The van der Waals surface area contributed by atoms with Gasteiger partial charge in [0, 0.05) is 29.4 Å². The molecule has 2 aliphatic rings. The summed E-state index contributed by atoms with van der Waals surface area (Å²) in [5.74, 6) is -0.154. The lowest BCUT2D eigenvalue weighted by molar-refractivity contribution is -0.134. The number of nitrogens with zero attached hydrogens (tertiary/aromatic N) is 4. The number of halogens is 1. The Kier molecular flexibility index (Phi) is 5.17.